The normalized spacial score (nSPS) is 18.9. The molecule has 1 aliphatic carbocycles. The molecule has 2 N–H and O–H groups in total. The van der Waals surface area contributed by atoms with Gasteiger partial charge in [0.25, 0.3) is 5.69 Å². The third-order valence-electron chi connectivity index (χ3n) is 4.31. The second-order valence-electron chi connectivity index (χ2n) is 6.03. The Bertz CT molecular complexity index is 594. The first-order valence-electron chi connectivity index (χ1n) is 6.82. The molecule has 0 atom stereocenters. The Morgan fingerprint density at radius 3 is 2.80 bits per heavy atom. The number of carbonyl (C=O) groups is 1. The van der Waals surface area contributed by atoms with Crippen molar-refractivity contribution in [2.45, 2.75) is 32.6 Å². The zero-order chi connectivity index (χ0) is 14.3. The molecule has 6 heteroatoms. The molecule has 0 radical (unpaired) electrons. The molecule has 20 heavy (non-hydrogen) atoms. The van der Waals surface area contributed by atoms with Crippen molar-refractivity contribution in [3.05, 3.63) is 27.8 Å². The van der Waals surface area contributed by atoms with Crippen molar-refractivity contribution in [1.29, 1.82) is 0 Å². The quantitative estimate of drug-likeness (QED) is 0.653. The summed E-state index contributed by atoms with van der Waals surface area (Å²) in [6, 6.07) is 3.18. The summed E-state index contributed by atoms with van der Waals surface area (Å²) < 4.78 is 0. The molecule has 1 fully saturated rings. The molecule has 2 aliphatic rings. The minimum Gasteiger partial charge on any atom is -0.379 e. The van der Waals surface area contributed by atoms with E-state index in [9.17, 15) is 14.9 Å². The van der Waals surface area contributed by atoms with Crippen LogP contribution < -0.4 is 10.6 Å². The first-order valence-corrected chi connectivity index (χ1v) is 6.82. The van der Waals surface area contributed by atoms with Gasteiger partial charge in [-0.2, -0.15) is 0 Å². The van der Waals surface area contributed by atoms with Gasteiger partial charge in [0.15, 0.2) is 0 Å². The maximum absolute atomic E-state index is 11.4. The summed E-state index contributed by atoms with van der Waals surface area (Å²) in [6.45, 7) is 2.91. The Morgan fingerprint density at radius 2 is 2.20 bits per heavy atom. The highest BCUT2D eigenvalue weighted by Crippen LogP contribution is 2.41. The molecule has 0 bridgehead atoms. The van der Waals surface area contributed by atoms with Crippen LogP contribution in [0.2, 0.25) is 0 Å². The van der Waals surface area contributed by atoms with E-state index in [1.54, 1.807) is 6.07 Å². The highest BCUT2D eigenvalue weighted by Gasteiger charge is 2.32. The maximum atomic E-state index is 11.4. The van der Waals surface area contributed by atoms with E-state index in [1.165, 1.54) is 12.5 Å². The van der Waals surface area contributed by atoms with Crippen LogP contribution in [-0.2, 0) is 11.2 Å². The zero-order valence-electron chi connectivity index (χ0n) is 11.4. The number of fused-ring (bicyclic) bond motifs is 1. The lowest BCUT2D eigenvalue weighted by Crippen LogP contribution is -2.33. The van der Waals surface area contributed by atoms with Gasteiger partial charge >= 0.3 is 0 Å². The Balaban J connectivity index is 1.86. The minimum atomic E-state index is -0.394. The van der Waals surface area contributed by atoms with E-state index in [0.717, 1.165) is 19.4 Å². The smallest absolute Gasteiger partial charge is 0.292 e. The number of nitrogens with zero attached hydrogens (tertiary/aromatic N) is 1. The van der Waals surface area contributed by atoms with Crippen molar-refractivity contribution in [2.24, 2.45) is 5.41 Å². The van der Waals surface area contributed by atoms with E-state index in [-0.39, 0.29) is 23.4 Å². The first-order chi connectivity index (χ1) is 9.47. The summed E-state index contributed by atoms with van der Waals surface area (Å²) >= 11 is 0. The Kier molecular flexibility index (Phi) is 2.88. The number of nitro groups is 1. The van der Waals surface area contributed by atoms with E-state index < -0.39 is 4.92 Å². The van der Waals surface area contributed by atoms with Crippen LogP contribution in [0.25, 0.3) is 0 Å². The van der Waals surface area contributed by atoms with Gasteiger partial charge in [0.05, 0.1) is 11.3 Å². The number of carbonyl (C=O) groups excluding carboxylic acids is 1. The monoisotopic (exact) mass is 275 g/mol. The molecule has 1 saturated carbocycles. The number of amides is 1. The van der Waals surface area contributed by atoms with Crippen LogP contribution in [-0.4, -0.2) is 17.4 Å². The van der Waals surface area contributed by atoms with Crippen molar-refractivity contribution in [3.8, 4) is 0 Å². The average Bonchev–Trinajstić information content (AvgIpc) is 2.71. The zero-order valence-corrected chi connectivity index (χ0v) is 11.4. The summed E-state index contributed by atoms with van der Waals surface area (Å²) in [5.41, 5.74) is 2.15. The molecule has 6 nitrogen and oxygen atoms in total. The number of nitrogens with one attached hydrogen (secondary N) is 2. The molecule has 0 aromatic heterocycles. The van der Waals surface area contributed by atoms with Crippen LogP contribution in [0.3, 0.4) is 0 Å². The van der Waals surface area contributed by atoms with Crippen LogP contribution in [0.4, 0.5) is 17.1 Å². The number of hydrogen-bond acceptors (Lipinski definition) is 4. The third-order valence-corrected chi connectivity index (χ3v) is 4.31. The Hall–Kier alpha value is -2.11. The largest absolute Gasteiger partial charge is 0.379 e. The Labute approximate surface area is 116 Å². The maximum Gasteiger partial charge on any atom is 0.292 e. The fourth-order valence-corrected chi connectivity index (χ4v) is 2.82. The van der Waals surface area contributed by atoms with E-state index in [2.05, 4.69) is 17.6 Å². The first kappa shape index (κ1) is 12.9. The van der Waals surface area contributed by atoms with Gasteiger partial charge in [-0.25, -0.2) is 0 Å². The van der Waals surface area contributed by atoms with Crippen LogP contribution >= 0.6 is 0 Å². The average molecular weight is 275 g/mol. The predicted octanol–water partition coefficient (Wildman–Crippen LogP) is 2.69. The molecule has 3 rings (SSSR count). The molecule has 0 spiro atoms. The van der Waals surface area contributed by atoms with Gasteiger partial charge < -0.3 is 10.6 Å². The second-order valence-corrected chi connectivity index (χ2v) is 6.03. The van der Waals surface area contributed by atoms with E-state index in [0.29, 0.717) is 16.9 Å². The van der Waals surface area contributed by atoms with E-state index in [4.69, 9.17) is 0 Å². The molecule has 106 valence electrons. The van der Waals surface area contributed by atoms with Gasteiger partial charge in [0.1, 0.15) is 5.69 Å². The number of benzene rings is 1. The molecule has 1 heterocycles. The number of rotatable bonds is 4. The molecule has 1 aromatic carbocycles. The molecule has 1 amide bonds. The lowest BCUT2D eigenvalue weighted by atomic mass is 9.70. The van der Waals surface area contributed by atoms with Gasteiger partial charge in [0.2, 0.25) is 5.91 Å². The molecular formula is C14H17N3O3. The fraction of sp³-hybridized carbons (Fsp3) is 0.500. The van der Waals surface area contributed by atoms with E-state index in [1.807, 2.05) is 0 Å². The van der Waals surface area contributed by atoms with Crippen molar-refractivity contribution in [2.75, 3.05) is 17.2 Å². The Morgan fingerprint density at radius 1 is 1.45 bits per heavy atom. The third kappa shape index (κ3) is 2.21. The summed E-state index contributed by atoms with van der Waals surface area (Å²) in [6.07, 6.45) is 3.74. The second kappa shape index (κ2) is 4.47. The number of hydrogen-bond donors (Lipinski definition) is 2. The van der Waals surface area contributed by atoms with Crippen LogP contribution in [0.5, 0.6) is 0 Å². The topological polar surface area (TPSA) is 84.3 Å². The van der Waals surface area contributed by atoms with E-state index >= 15 is 0 Å². The number of nitro benzene ring substituents is 1. The molecule has 1 aromatic rings. The highest BCUT2D eigenvalue weighted by molar-refractivity contribution is 6.00. The summed E-state index contributed by atoms with van der Waals surface area (Å²) in [4.78, 5) is 22.1. The molecular weight excluding hydrogens is 258 g/mol. The highest BCUT2D eigenvalue weighted by atomic mass is 16.6. The lowest BCUT2D eigenvalue weighted by Gasteiger charge is -2.38. The molecule has 0 unspecified atom stereocenters. The minimum absolute atomic E-state index is 0.0446. The van der Waals surface area contributed by atoms with Gasteiger partial charge in [0, 0.05) is 18.3 Å². The van der Waals surface area contributed by atoms with Gasteiger partial charge in [-0.1, -0.05) is 13.3 Å². The fourth-order valence-electron chi connectivity index (χ4n) is 2.82. The van der Waals surface area contributed by atoms with Crippen molar-refractivity contribution in [3.63, 3.8) is 0 Å². The standard InChI is InChI=1S/C14H17N3O3/c1-14(3-2-4-14)8-15-11-7-10-9(6-13(18)16-10)5-12(11)17(19)20/h5,7,15H,2-4,6,8H2,1H3,(H,16,18). The van der Waals surface area contributed by atoms with Gasteiger partial charge in [-0.15, -0.1) is 0 Å². The predicted molar refractivity (Wildman–Crippen MR) is 75.9 cm³/mol. The van der Waals surface area contributed by atoms with Crippen LogP contribution in [0, 0.1) is 15.5 Å². The van der Waals surface area contributed by atoms with Crippen LogP contribution in [0.1, 0.15) is 31.7 Å². The lowest BCUT2D eigenvalue weighted by molar-refractivity contribution is -0.384. The molecule has 1 aliphatic heterocycles. The summed E-state index contributed by atoms with van der Waals surface area (Å²) in [5, 5.41) is 17.1. The van der Waals surface area contributed by atoms with Crippen molar-refractivity contribution in [1.82, 2.24) is 0 Å². The molecule has 0 saturated heterocycles. The summed E-state index contributed by atoms with van der Waals surface area (Å²) in [5.74, 6) is -0.114. The van der Waals surface area contributed by atoms with Crippen molar-refractivity contribution >= 4 is 23.0 Å². The van der Waals surface area contributed by atoms with Gasteiger partial charge in [-0.05, 0) is 29.9 Å². The SMILES string of the molecule is CC1(CNc2cc3c(cc2[N+](=O)[O-])CC(=O)N3)CCC1. The van der Waals surface area contributed by atoms with Crippen LogP contribution in [0.15, 0.2) is 12.1 Å². The van der Waals surface area contributed by atoms with Gasteiger partial charge in [-0.3, -0.25) is 14.9 Å². The summed E-state index contributed by atoms with van der Waals surface area (Å²) in [7, 11) is 0. The number of anilines is 2. The van der Waals surface area contributed by atoms with Crippen molar-refractivity contribution < 1.29 is 9.72 Å².